The van der Waals surface area contributed by atoms with Crippen molar-refractivity contribution in [3.63, 3.8) is 0 Å². The second-order valence-electron chi connectivity index (χ2n) is 7.31. The number of fused-ring (bicyclic) bond motifs is 1. The van der Waals surface area contributed by atoms with Crippen LogP contribution >= 0.6 is 11.3 Å². The number of amides is 1. The zero-order chi connectivity index (χ0) is 22.7. The molecule has 0 radical (unpaired) electrons. The molecular weight excluding hydrogens is 426 g/mol. The molecule has 4 rings (SSSR count). The lowest BCUT2D eigenvalue weighted by Crippen LogP contribution is -2.34. The molecule has 2 aromatic heterocycles. The van der Waals surface area contributed by atoms with Gasteiger partial charge in [-0.15, -0.1) is 10.2 Å². The molecule has 0 spiro atoms. The highest BCUT2D eigenvalue weighted by atomic mass is 32.1. The first-order valence-corrected chi connectivity index (χ1v) is 11.2. The maximum Gasteiger partial charge on any atom is 0.267 e. The largest absolute Gasteiger partial charge is 0.473 e. The SMILES string of the molecule is CCc1nnc(NC(=O)C(CC)Oc2c(-c3ccc(C)cc3)oc3ccccc3c2=O)s1. The minimum Gasteiger partial charge on any atom is -0.473 e. The summed E-state index contributed by atoms with van der Waals surface area (Å²) in [6.45, 7) is 5.76. The summed E-state index contributed by atoms with van der Waals surface area (Å²) in [5.74, 6) is -0.0843. The van der Waals surface area contributed by atoms with E-state index in [2.05, 4.69) is 15.5 Å². The summed E-state index contributed by atoms with van der Waals surface area (Å²) in [7, 11) is 0. The molecule has 32 heavy (non-hydrogen) atoms. The molecule has 1 unspecified atom stereocenters. The molecule has 0 fully saturated rings. The van der Waals surface area contributed by atoms with Gasteiger partial charge in [-0.25, -0.2) is 0 Å². The Balaban J connectivity index is 1.73. The Kier molecular flexibility index (Phi) is 6.32. The van der Waals surface area contributed by atoms with Gasteiger partial charge in [-0.2, -0.15) is 0 Å². The van der Waals surface area contributed by atoms with Crippen LogP contribution in [0.25, 0.3) is 22.3 Å². The number of para-hydroxylation sites is 1. The maximum absolute atomic E-state index is 13.3. The van der Waals surface area contributed by atoms with Crippen molar-refractivity contribution < 1.29 is 13.9 Å². The van der Waals surface area contributed by atoms with Crippen molar-refractivity contribution in [1.29, 1.82) is 0 Å². The zero-order valence-corrected chi connectivity index (χ0v) is 18.9. The third-order valence-corrected chi connectivity index (χ3v) is 5.98. The van der Waals surface area contributed by atoms with E-state index in [0.717, 1.165) is 17.0 Å². The molecule has 1 amide bonds. The van der Waals surface area contributed by atoms with Gasteiger partial charge in [-0.3, -0.25) is 14.9 Å². The van der Waals surface area contributed by atoms with E-state index in [1.165, 1.54) is 11.3 Å². The van der Waals surface area contributed by atoms with Crippen LogP contribution in [0.4, 0.5) is 5.13 Å². The normalized spacial score (nSPS) is 12.0. The third kappa shape index (κ3) is 4.40. The maximum atomic E-state index is 13.3. The number of hydrogen-bond donors (Lipinski definition) is 1. The average Bonchev–Trinajstić information content (AvgIpc) is 3.26. The van der Waals surface area contributed by atoms with Gasteiger partial charge in [0.2, 0.25) is 16.3 Å². The Labute approximate surface area is 189 Å². The number of hydrogen-bond acceptors (Lipinski definition) is 7. The van der Waals surface area contributed by atoms with Crippen molar-refractivity contribution in [3.05, 3.63) is 69.3 Å². The highest BCUT2D eigenvalue weighted by Gasteiger charge is 2.25. The number of anilines is 1. The fourth-order valence-electron chi connectivity index (χ4n) is 3.22. The molecule has 0 saturated heterocycles. The smallest absolute Gasteiger partial charge is 0.267 e. The molecule has 1 atom stereocenters. The first-order chi connectivity index (χ1) is 15.5. The van der Waals surface area contributed by atoms with E-state index >= 15 is 0 Å². The molecule has 0 bridgehead atoms. The second-order valence-corrected chi connectivity index (χ2v) is 8.37. The lowest BCUT2D eigenvalue weighted by molar-refractivity contribution is -0.122. The minimum absolute atomic E-state index is 0.0149. The lowest BCUT2D eigenvalue weighted by atomic mass is 10.1. The van der Waals surface area contributed by atoms with Crippen LogP contribution in [0, 0.1) is 6.92 Å². The molecule has 2 aromatic carbocycles. The summed E-state index contributed by atoms with van der Waals surface area (Å²) in [6, 6.07) is 14.6. The van der Waals surface area contributed by atoms with Crippen molar-refractivity contribution in [2.45, 2.75) is 39.7 Å². The Morgan fingerprint density at radius 2 is 1.88 bits per heavy atom. The van der Waals surface area contributed by atoms with Gasteiger partial charge in [0.25, 0.3) is 5.91 Å². The number of carbonyl (C=O) groups excluding carboxylic acids is 1. The Bertz CT molecular complexity index is 1310. The van der Waals surface area contributed by atoms with E-state index < -0.39 is 12.0 Å². The topological polar surface area (TPSA) is 94.3 Å². The predicted octanol–water partition coefficient (Wildman–Crippen LogP) is 4.98. The summed E-state index contributed by atoms with van der Waals surface area (Å²) >= 11 is 1.31. The van der Waals surface area contributed by atoms with Crippen LogP contribution in [0.3, 0.4) is 0 Å². The molecule has 4 aromatic rings. The van der Waals surface area contributed by atoms with Crippen LogP contribution in [0.5, 0.6) is 5.75 Å². The number of carbonyl (C=O) groups is 1. The number of nitrogens with zero attached hydrogens (tertiary/aromatic N) is 2. The highest BCUT2D eigenvalue weighted by Crippen LogP contribution is 2.32. The molecule has 0 aliphatic heterocycles. The Morgan fingerprint density at radius 3 is 2.56 bits per heavy atom. The van der Waals surface area contributed by atoms with Crippen LogP contribution in [0.2, 0.25) is 0 Å². The summed E-state index contributed by atoms with van der Waals surface area (Å²) in [5.41, 5.74) is 1.91. The number of benzene rings is 2. The minimum atomic E-state index is -0.905. The molecular formula is C24H23N3O4S. The van der Waals surface area contributed by atoms with Gasteiger partial charge >= 0.3 is 0 Å². The predicted molar refractivity (Wildman–Crippen MR) is 125 cm³/mol. The number of nitrogens with one attached hydrogen (secondary N) is 1. The summed E-state index contributed by atoms with van der Waals surface area (Å²) in [5, 5.41) is 12.4. The Morgan fingerprint density at radius 1 is 1.12 bits per heavy atom. The van der Waals surface area contributed by atoms with Crippen LogP contribution in [-0.2, 0) is 11.2 Å². The van der Waals surface area contributed by atoms with Crippen molar-refractivity contribution in [1.82, 2.24) is 10.2 Å². The van der Waals surface area contributed by atoms with Crippen LogP contribution in [0.1, 0.15) is 30.8 Å². The molecule has 0 aliphatic carbocycles. The molecule has 2 heterocycles. The average molecular weight is 450 g/mol. The monoisotopic (exact) mass is 449 g/mol. The number of ether oxygens (including phenoxy) is 1. The van der Waals surface area contributed by atoms with E-state index in [-0.39, 0.29) is 11.2 Å². The van der Waals surface area contributed by atoms with Crippen LogP contribution in [0.15, 0.2) is 57.7 Å². The van der Waals surface area contributed by atoms with Crippen LogP contribution < -0.4 is 15.5 Å². The van der Waals surface area contributed by atoms with Gasteiger partial charge in [0.05, 0.1) is 5.39 Å². The molecule has 1 N–H and O–H groups in total. The summed E-state index contributed by atoms with van der Waals surface area (Å²) in [4.78, 5) is 26.2. The van der Waals surface area contributed by atoms with Crippen LogP contribution in [-0.4, -0.2) is 22.2 Å². The quantitative estimate of drug-likeness (QED) is 0.428. The first-order valence-electron chi connectivity index (χ1n) is 10.4. The first kappa shape index (κ1) is 21.7. The van der Waals surface area contributed by atoms with Crippen molar-refractivity contribution in [3.8, 4) is 17.1 Å². The van der Waals surface area contributed by atoms with Crippen molar-refractivity contribution in [2.75, 3.05) is 5.32 Å². The van der Waals surface area contributed by atoms with Gasteiger partial charge < -0.3 is 9.15 Å². The molecule has 7 nitrogen and oxygen atoms in total. The number of aromatic nitrogens is 2. The Hall–Kier alpha value is -3.52. The van der Waals surface area contributed by atoms with Crippen molar-refractivity contribution in [2.24, 2.45) is 0 Å². The molecule has 0 aliphatic rings. The van der Waals surface area contributed by atoms with Crippen molar-refractivity contribution >= 4 is 33.3 Å². The van der Waals surface area contributed by atoms with E-state index in [1.807, 2.05) is 45.0 Å². The van der Waals surface area contributed by atoms with E-state index in [1.54, 1.807) is 24.3 Å². The molecule has 8 heteroatoms. The molecule has 164 valence electrons. The summed E-state index contributed by atoms with van der Waals surface area (Å²) < 4.78 is 12.1. The van der Waals surface area contributed by atoms with Gasteiger partial charge in [0.1, 0.15) is 10.6 Å². The van der Waals surface area contributed by atoms with E-state index in [0.29, 0.717) is 33.8 Å². The summed E-state index contributed by atoms with van der Waals surface area (Å²) in [6.07, 6.45) is 0.182. The van der Waals surface area contributed by atoms with E-state index in [4.69, 9.17) is 9.15 Å². The standard InChI is InChI=1S/C24H23N3O4S/c1-4-17(23(29)25-24-27-26-19(5-2)32-24)30-22-20(28)16-8-6-7-9-18(16)31-21(22)15-12-10-14(3)11-13-15/h6-13,17H,4-5H2,1-3H3,(H,25,27,29). The number of rotatable bonds is 7. The molecule has 0 saturated carbocycles. The highest BCUT2D eigenvalue weighted by molar-refractivity contribution is 7.15. The van der Waals surface area contributed by atoms with Gasteiger partial charge in [-0.1, -0.05) is 67.1 Å². The fourth-order valence-corrected chi connectivity index (χ4v) is 3.91. The third-order valence-electron chi connectivity index (χ3n) is 4.99. The van der Waals surface area contributed by atoms with Gasteiger partial charge in [0, 0.05) is 5.56 Å². The lowest BCUT2D eigenvalue weighted by Gasteiger charge is -2.18. The van der Waals surface area contributed by atoms with Gasteiger partial charge in [-0.05, 0) is 31.9 Å². The number of aryl methyl sites for hydroxylation is 2. The zero-order valence-electron chi connectivity index (χ0n) is 18.0. The van der Waals surface area contributed by atoms with Gasteiger partial charge in [0.15, 0.2) is 11.9 Å². The van der Waals surface area contributed by atoms with E-state index in [9.17, 15) is 9.59 Å². The fraction of sp³-hybridized carbons (Fsp3) is 0.250. The second kappa shape index (κ2) is 9.32.